The van der Waals surface area contributed by atoms with Gasteiger partial charge >= 0.3 is 5.97 Å². The van der Waals surface area contributed by atoms with E-state index in [2.05, 4.69) is 49.6 Å². The van der Waals surface area contributed by atoms with Gasteiger partial charge in [-0.15, -0.1) is 0 Å². The first-order chi connectivity index (χ1) is 18.3. The molecule has 0 atom stereocenters. The number of nitrogens with one attached hydrogen (secondary N) is 9. The summed E-state index contributed by atoms with van der Waals surface area (Å²) in [5.74, 6) is -0.717. The zero-order valence-electron chi connectivity index (χ0n) is 23.4. The first-order valence-electron chi connectivity index (χ1n) is 15.2. The van der Waals surface area contributed by atoms with Crippen LogP contribution in [0.1, 0.15) is 141 Å². The molecule has 1 heterocycles. The van der Waals surface area contributed by atoms with Crippen molar-refractivity contribution in [3.05, 3.63) is 0 Å². The van der Waals surface area contributed by atoms with Crippen LogP contribution in [0.15, 0.2) is 0 Å². The summed E-state index contributed by atoms with van der Waals surface area (Å²) in [4.78, 5) is 11.6. The maximum atomic E-state index is 11.6. The summed E-state index contributed by atoms with van der Waals surface area (Å²) in [6.07, 6.45) is 26.4. The third kappa shape index (κ3) is 25.2. The molecule has 220 valence electrons. The normalized spacial score (nSPS) is 23.5. The fourth-order valence-corrected chi connectivity index (χ4v) is 4.80. The summed E-state index contributed by atoms with van der Waals surface area (Å²) in [5.41, 5.74) is 25.8. The lowest BCUT2D eigenvalue weighted by molar-refractivity contribution is -0.142. The maximum Gasteiger partial charge on any atom is 0.306 e. The van der Waals surface area contributed by atoms with Crippen LogP contribution in [0.4, 0.5) is 0 Å². The Hall–Kier alpha value is -0.890. The van der Waals surface area contributed by atoms with E-state index in [4.69, 9.17) is 0 Å². The molecule has 0 aromatic rings. The first-order valence-corrected chi connectivity index (χ1v) is 15.2. The molecule has 37 heavy (non-hydrogen) atoms. The van der Waals surface area contributed by atoms with Crippen molar-refractivity contribution in [1.29, 1.82) is 0 Å². The standard InChI is InChI=1S/C26H59N9O2/c36-26(37)25-21-17-13-9-5-1-3-7-11-15-19-23-27-29-31-33-35-34-32-30-28-24-20-16-12-8-4-2-6-10-14-18-22-25/h25,27-35H,1-24H2,(H,36,37). The highest BCUT2D eigenvalue weighted by Gasteiger charge is 2.16. The van der Waals surface area contributed by atoms with Crippen LogP contribution >= 0.6 is 0 Å². The summed E-state index contributed by atoms with van der Waals surface area (Å²) >= 11 is 0. The lowest BCUT2D eigenvalue weighted by Crippen LogP contribution is -2.64. The number of carbonyl (C=O) groups is 1. The van der Waals surface area contributed by atoms with Crippen LogP contribution in [-0.2, 0) is 4.79 Å². The summed E-state index contributed by atoms with van der Waals surface area (Å²) in [7, 11) is 0. The van der Waals surface area contributed by atoms with Crippen LogP contribution in [0, 0.1) is 5.92 Å². The zero-order chi connectivity index (χ0) is 26.5. The number of aliphatic carboxylic acids is 1. The largest absolute Gasteiger partial charge is 0.481 e. The lowest BCUT2D eigenvalue weighted by Gasteiger charge is -2.13. The van der Waals surface area contributed by atoms with Gasteiger partial charge in [0.1, 0.15) is 0 Å². The van der Waals surface area contributed by atoms with Crippen molar-refractivity contribution in [3.8, 4) is 0 Å². The van der Waals surface area contributed by atoms with Gasteiger partial charge in [0.05, 0.1) is 5.92 Å². The molecule has 0 radical (unpaired) electrons. The predicted octanol–water partition coefficient (Wildman–Crippen LogP) is 3.91. The number of hydrogen-bond acceptors (Lipinski definition) is 10. The van der Waals surface area contributed by atoms with Gasteiger partial charge in [0, 0.05) is 13.1 Å². The molecular formula is C26H59N9O2. The highest BCUT2D eigenvalue weighted by Crippen LogP contribution is 2.20. The molecular weight excluding hydrogens is 470 g/mol. The SMILES string of the molecule is O=C(O)C1CCCCCCCCCCCCNNNNNNNNNCCCCCCCCCCCC1. The van der Waals surface area contributed by atoms with Gasteiger partial charge in [-0.2, -0.15) is 38.7 Å². The molecule has 0 spiro atoms. The van der Waals surface area contributed by atoms with E-state index in [-0.39, 0.29) is 5.92 Å². The van der Waals surface area contributed by atoms with Crippen molar-refractivity contribution in [2.45, 2.75) is 141 Å². The lowest BCUT2D eigenvalue weighted by atomic mass is 9.94. The first kappa shape index (κ1) is 34.1. The molecule has 0 unspecified atom stereocenters. The summed E-state index contributed by atoms with van der Waals surface area (Å²) in [6, 6.07) is 0. The monoisotopic (exact) mass is 529 g/mol. The average Bonchev–Trinajstić information content (AvgIpc) is 2.89. The Morgan fingerprint density at radius 3 is 1.00 bits per heavy atom. The summed E-state index contributed by atoms with van der Waals surface area (Å²) in [6.45, 7) is 1.81. The molecule has 0 aliphatic carbocycles. The van der Waals surface area contributed by atoms with E-state index in [1.807, 2.05) is 0 Å². The van der Waals surface area contributed by atoms with E-state index in [1.54, 1.807) is 0 Å². The number of hydrazine groups is 8. The second kappa shape index (κ2) is 28.1. The summed E-state index contributed by atoms with van der Waals surface area (Å²) in [5, 5.41) is 9.57. The Kier molecular flexibility index (Phi) is 26.0. The van der Waals surface area contributed by atoms with Crippen LogP contribution in [0.25, 0.3) is 0 Å². The summed E-state index contributed by atoms with van der Waals surface area (Å²) < 4.78 is 0. The Bertz CT molecular complexity index is 455. The van der Waals surface area contributed by atoms with Gasteiger partial charge in [0.15, 0.2) is 0 Å². The van der Waals surface area contributed by atoms with E-state index in [0.717, 1.165) is 51.6 Å². The molecule has 0 saturated carbocycles. The molecule has 1 fully saturated rings. The highest BCUT2D eigenvalue weighted by molar-refractivity contribution is 5.69. The van der Waals surface area contributed by atoms with Crippen molar-refractivity contribution >= 4 is 5.97 Å². The minimum Gasteiger partial charge on any atom is -0.481 e. The van der Waals surface area contributed by atoms with E-state index in [9.17, 15) is 9.90 Å². The molecule has 0 bridgehead atoms. The molecule has 0 aromatic carbocycles. The Morgan fingerprint density at radius 1 is 0.405 bits per heavy atom. The number of carboxylic acids is 1. The molecule has 1 saturated heterocycles. The van der Waals surface area contributed by atoms with E-state index >= 15 is 0 Å². The molecule has 10 N–H and O–H groups in total. The number of rotatable bonds is 1. The number of carboxylic acid groups (broad SMARTS) is 1. The quantitative estimate of drug-likeness (QED) is 0.241. The zero-order valence-corrected chi connectivity index (χ0v) is 23.4. The smallest absolute Gasteiger partial charge is 0.306 e. The topological polar surface area (TPSA) is 146 Å². The fourth-order valence-electron chi connectivity index (χ4n) is 4.80. The van der Waals surface area contributed by atoms with Crippen LogP contribution in [-0.4, -0.2) is 24.2 Å². The molecule has 1 aliphatic rings. The highest BCUT2D eigenvalue weighted by atomic mass is 16.4. The van der Waals surface area contributed by atoms with Crippen LogP contribution in [0.2, 0.25) is 0 Å². The van der Waals surface area contributed by atoms with Gasteiger partial charge in [-0.05, 0) is 25.7 Å². The van der Waals surface area contributed by atoms with Crippen LogP contribution < -0.4 is 49.6 Å². The Balaban J connectivity index is 2.15. The van der Waals surface area contributed by atoms with Gasteiger partial charge in [-0.1, -0.05) is 116 Å². The van der Waals surface area contributed by atoms with Gasteiger partial charge in [0.2, 0.25) is 0 Å². The van der Waals surface area contributed by atoms with Crippen LogP contribution in [0.3, 0.4) is 0 Å². The number of hydrogen-bond donors (Lipinski definition) is 10. The second-order valence-electron chi connectivity index (χ2n) is 10.4. The fraction of sp³-hybridized carbons (Fsp3) is 0.962. The molecule has 0 amide bonds. The minimum absolute atomic E-state index is 0.132. The van der Waals surface area contributed by atoms with Crippen molar-refractivity contribution in [3.63, 3.8) is 0 Å². The molecule has 1 aliphatic heterocycles. The van der Waals surface area contributed by atoms with Crippen molar-refractivity contribution < 1.29 is 9.90 Å². The van der Waals surface area contributed by atoms with Gasteiger partial charge in [-0.3, -0.25) is 4.79 Å². The third-order valence-electron chi connectivity index (χ3n) is 7.11. The van der Waals surface area contributed by atoms with Gasteiger partial charge in [0.25, 0.3) is 0 Å². The van der Waals surface area contributed by atoms with Crippen molar-refractivity contribution in [2.24, 2.45) is 5.92 Å². The average molecular weight is 530 g/mol. The molecule has 11 heteroatoms. The molecule has 11 nitrogen and oxygen atoms in total. The van der Waals surface area contributed by atoms with E-state index < -0.39 is 5.97 Å². The van der Waals surface area contributed by atoms with Crippen molar-refractivity contribution in [2.75, 3.05) is 13.1 Å². The Labute approximate surface area is 226 Å². The van der Waals surface area contributed by atoms with Gasteiger partial charge < -0.3 is 5.11 Å². The second-order valence-corrected chi connectivity index (χ2v) is 10.4. The van der Waals surface area contributed by atoms with Crippen LogP contribution in [0.5, 0.6) is 0 Å². The molecule has 1 rings (SSSR count). The third-order valence-corrected chi connectivity index (χ3v) is 7.11. The predicted molar refractivity (Wildman–Crippen MR) is 151 cm³/mol. The molecule has 0 aromatic heterocycles. The van der Waals surface area contributed by atoms with Crippen molar-refractivity contribution in [1.82, 2.24) is 49.6 Å². The minimum atomic E-state index is -0.585. The van der Waals surface area contributed by atoms with E-state index in [1.165, 1.54) is 103 Å². The maximum absolute atomic E-state index is 11.6. The Morgan fingerprint density at radius 2 is 0.676 bits per heavy atom. The van der Waals surface area contributed by atoms with E-state index in [0.29, 0.717) is 0 Å². The van der Waals surface area contributed by atoms with Gasteiger partial charge in [-0.25, -0.2) is 10.9 Å².